The molecule has 0 saturated carbocycles. The Morgan fingerprint density at radius 3 is 2.50 bits per heavy atom. The summed E-state index contributed by atoms with van der Waals surface area (Å²) in [5, 5.41) is 4.03. The number of rotatable bonds is 3. The molecular formula is C15H18N2O3. The SMILES string of the molecule is COc1cc2c(cc1OC)CC(c1nocc1N)CC2. The van der Waals surface area contributed by atoms with Gasteiger partial charge in [-0.05, 0) is 42.5 Å². The molecule has 20 heavy (non-hydrogen) atoms. The number of methoxy groups -OCH3 is 2. The predicted octanol–water partition coefficient (Wildman–Crippen LogP) is 2.55. The van der Waals surface area contributed by atoms with Gasteiger partial charge in [0.25, 0.3) is 0 Å². The van der Waals surface area contributed by atoms with Crippen LogP contribution in [0.15, 0.2) is 22.9 Å². The van der Waals surface area contributed by atoms with Crippen molar-refractivity contribution in [3.63, 3.8) is 0 Å². The first kappa shape index (κ1) is 12.8. The number of nitrogens with zero attached hydrogens (tertiary/aromatic N) is 1. The molecule has 2 aromatic rings. The molecule has 0 fully saturated rings. The summed E-state index contributed by atoms with van der Waals surface area (Å²) in [6.45, 7) is 0. The van der Waals surface area contributed by atoms with Gasteiger partial charge in [0.2, 0.25) is 0 Å². The van der Waals surface area contributed by atoms with Gasteiger partial charge in [-0.2, -0.15) is 0 Å². The van der Waals surface area contributed by atoms with Gasteiger partial charge in [0.05, 0.1) is 19.9 Å². The number of nitrogens with two attached hydrogens (primary N) is 1. The number of ether oxygens (including phenoxy) is 2. The van der Waals surface area contributed by atoms with Crippen molar-refractivity contribution < 1.29 is 14.0 Å². The molecule has 5 nitrogen and oxygen atoms in total. The summed E-state index contributed by atoms with van der Waals surface area (Å²) in [5.41, 5.74) is 9.97. The van der Waals surface area contributed by atoms with Gasteiger partial charge in [0.1, 0.15) is 12.0 Å². The number of nitrogen functional groups attached to an aromatic ring is 1. The third-order valence-corrected chi connectivity index (χ3v) is 3.95. The van der Waals surface area contributed by atoms with E-state index in [4.69, 9.17) is 19.7 Å². The van der Waals surface area contributed by atoms with Crippen molar-refractivity contribution >= 4 is 5.69 Å². The lowest BCUT2D eigenvalue weighted by Crippen LogP contribution is -2.14. The molecule has 0 saturated heterocycles. The van der Waals surface area contributed by atoms with E-state index in [0.29, 0.717) is 11.6 Å². The monoisotopic (exact) mass is 274 g/mol. The lowest BCUT2D eigenvalue weighted by Gasteiger charge is -2.24. The van der Waals surface area contributed by atoms with Gasteiger partial charge in [-0.1, -0.05) is 5.16 Å². The summed E-state index contributed by atoms with van der Waals surface area (Å²) in [5.74, 6) is 1.85. The first-order chi connectivity index (χ1) is 9.72. The van der Waals surface area contributed by atoms with E-state index in [0.717, 1.165) is 36.5 Å². The average molecular weight is 274 g/mol. The Hall–Kier alpha value is -2.17. The van der Waals surface area contributed by atoms with E-state index >= 15 is 0 Å². The van der Waals surface area contributed by atoms with Crippen LogP contribution in [-0.2, 0) is 12.8 Å². The number of aryl methyl sites for hydroxylation is 1. The Labute approximate surface area is 117 Å². The van der Waals surface area contributed by atoms with Crippen molar-refractivity contribution in [2.75, 3.05) is 20.0 Å². The second kappa shape index (κ2) is 5.07. The molecule has 1 aromatic carbocycles. The van der Waals surface area contributed by atoms with Crippen molar-refractivity contribution in [2.24, 2.45) is 0 Å². The fourth-order valence-electron chi connectivity index (χ4n) is 2.88. The van der Waals surface area contributed by atoms with Gasteiger partial charge in [0.15, 0.2) is 11.5 Å². The number of benzene rings is 1. The lowest BCUT2D eigenvalue weighted by molar-refractivity contribution is 0.353. The zero-order valence-corrected chi connectivity index (χ0v) is 11.7. The second-order valence-corrected chi connectivity index (χ2v) is 5.07. The molecule has 1 aliphatic carbocycles. The summed E-state index contributed by atoms with van der Waals surface area (Å²) in [6.07, 6.45) is 4.39. The molecule has 1 heterocycles. The minimum atomic E-state index is 0.305. The standard InChI is InChI=1S/C15H18N2O3/c1-18-13-6-9-3-4-10(15-12(16)8-20-17-15)5-11(9)7-14(13)19-2/h6-8,10H,3-5,16H2,1-2H3. The van der Waals surface area contributed by atoms with Crippen LogP contribution in [0.4, 0.5) is 5.69 Å². The average Bonchev–Trinajstić information content (AvgIpc) is 2.91. The van der Waals surface area contributed by atoms with E-state index < -0.39 is 0 Å². The molecule has 0 spiro atoms. The molecule has 1 aromatic heterocycles. The number of hydrogen-bond donors (Lipinski definition) is 1. The largest absolute Gasteiger partial charge is 0.493 e. The quantitative estimate of drug-likeness (QED) is 0.931. The Balaban J connectivity index is 1.93. The van der Waals surface area contributed by atoms with Crippen LogP contribution in [-0.4, -0.2) is 19.4 Å². The van der Waals surface area contributed by atoms with Crippen LogP contribution in [0, 0.1) is 0 Å². The third kappa shape index (κ3) is 2.09. The van der Waals surface area contributed by atoms with E-state index in [2.05, 4.69) is 17.3 Å². The van der Waals surface area contributed by atoms with Gasteiger partial charge in [-0.25, -0.2) is 0 Å². The maximum absolute atomic E-state index is 5.89. The molecule has 0 radical (unpaired) electrons. The molecule has 1 aliphatic rings. The van der Waals surface area contributed by atoms with Crippen molar-refractivity contribution in [2.45, 2.75) is 25.2 Å². The van der Waals surface area contributed by atoms with Crippen LogP contribution in [0.25, 0.3) is 0 Å². The number of anilines is 1. The summed E-state index contributed by atoms with van der Waals surface area (Å²) in [4.78, 5) is 0. The van der Waals surface area contributed by atoms with Gasteiger partial charge >= 0.3 is 0 Å². The van der Waals surface area contributed by atoms with E-state index in [1.807, 2.05) is 0 Å². The highest BCUT2D eigenvalue weighted by molar-refractivity contribution is 5.50. The van der Waals surface area contributed by atoms with Crippen molar-refractivity contribution in [3.8, 4) is 11.5 Å². The van der Waals surface area contributed by atoms with Crippen LogP contribution in [0.2, 0.25) is 0 Å². The molecule has 0 aliphatic heterocycles. The van der Waals surface area contributed by atoms with Crippen molar-refractivity contribution in [3.05, 3.63) is 35.2 Å². The molecule has 1 atom stereocenters. The fourth-order valence-corrected chi connectivity index (χ4v) is 2.88. The molecule has 0 amide bonds. The van der Waals surface area contributed by atoms with E-state index in [-0.39, 0.29) is 0 Å². The highest BCUT2D eigenvalue weighted by Gasteiger charge is 2.25. The van der Waals surface area contributed by atoms with Crippen LogP contribution in [0.5, 0.6) is 11.5 Å². The molecule has 0 bridgehead atoms. The van der Waals surface area contributed by atoms with Crippen LogP contribution < -0.4 is 15.2 Å². The Morgan fingerprint density at radius 2 is 1.90 bits per heavy atom. The topological polar surface area (TPSA) is 70.5 Å². The Morgan fingerprint density at radius 1 is 1.20 bits per heavy atom. The smallest absolute Gasteiger partial charge is 0.161 e. The summed E-state index contributed by atoms with van der Waals surface area (Å²) in [6, 6.07) is 4.12. The van der Waals surface area contributed by atoms with Gasteiger partial charge in [-0.3, -0.25) is 0 Å². The molecule has 2 N–H and O–H groups in total. The number of aromatic nitrogens is 1. The van der Waals surface area contributed by atoms with Gasteiger partial charge in [0, 0.05) is 5.92 Å². The molecular weight excluding hydrogens is 256 g/mol. The number of hydrogen-bond acceptors (Lipinski definition) is 5. The third-order valence-electron chi connectivity index (χ3n) is 3.95. The first-order valence-electron chi connectivity index (χ1n) is 6.66. The maximum atomic E-state index is 5.89. The maximum Gasteiger partial charge on any atom is 0.161 e. The lowest BCUT2D eigenvalue weighted by atomic mass is 9.81. The highest BCUT2D eigenvalue weighted by Crippen LogP contribution is 2.39. The fraction of sp³-hybridized carbons (Fsp3) is 0.400. The van der Waals surface area contributed by atoms with E-state index in [1.165, 1.54) is 17.4 Å². The molecule has 1 unspecified atom stereocenters. The normalized spacial score (nSPS) is 17.6. The Bertz CT molecular complexity index is 622. The number of fused-ring (bicyclic) bond motifs is 1. The van der Waals surface area contributed by atoms with Crippen molar-refractivity contribution in [1.29, 1.82) is 0 Å². The summed E-state index contributed by atoms with van der Waals surface area (Å²) < 4.78 is 15.7. The summed E-state index contributed by atoms with van der Waals surface area (Å²) in [7, 11) is 3.31. The second-order valence-electron chi connectivity index (χ2n) is 5.07. The zero-order valence-electron chi connectivity index (χ0n) is 11.7. The van der Waals surface area contributed by atoms with Crippen molar-refractivity contribution in [1.82, 2.24) is 5.16 Å². The highest BCUT2D eigenvalue weighted by atomic mass is 16.5. The van der Waals surface area contributed by atoms with Crippen LogP contribution in [0.1, 0.15) is 29.2 Å². The van der Waals surface area contributed by atoms with Gasteiger partial charge < -0.3 is 19.7 Å². The minimum absolute atomic E-state index is 0.305. The zero-order chi connectivity index (χ0) is 14.1. The minimum Gasteiger partial charge on any atom is -0.493 e. The Kier molecular flexibility index (Phi) is 3.26. The predicted molar refractivity (Wildman–Crippen MR) is 75.2 cm³/mol. The van der Waals surface area contributed by atoms with Crippen LogP contribution in [0.3, 0.4) is 0 Å². The first-order valence-corrected chi connectivity index (χ1v) is 6.66. The molecule has 5 heteroatoms. The van der Waals surface area contributed by atoms with E-state index in [9.17, 15) is 0 Å². The van der Waals surface area contributed by atoms with Crippen LogP contribution >= 0.6 is 0 Å². The van der Waals surface area contributed by atoms with E-state index in [1.54, 1.807) is 14.2 Å². The molecule has 3 rings (SSSR count). The summed E-state index contributed by atoms with van der Waals surface area (Å²) >= 11 is 0. The molecule has 106 valence electrons. The van der Waals surface area contributed by atoms with Gasteiger partial charge in [-0.15, -0.1) is 0 Å².